The predicted molar refractivity (Wildman–Crippen MR) is 472 cm³/mol. The number of rotatable bonds is 23. The van der Waals surface area contributed by atoms with Crippen molar-refractivity contribution in [3.05, 3.63) is 191 Å². The molecule has 8 heterocycles. The van der Waals surface area contributed by atoms with E-state index in [-0.39, 0.29) is 101 Å². The number of anilines is 6. The number of carbonyl (C=O) groups is 4. The zero-order valence-electron chi connectivity index (χ0n) is 71.3. The molecule has 0 unspecified atom stereocenters. The van der Waals surface area contributed by atoms with Crippen LogP contribution in [0.15, 0.2) is 133 Å². The molecule has 0 spiro atoms. The molecule has 15 rings (SSSR count). The van der Waals surface area contributed by atoms with Crippen LogP contribution in [0.1, 0.15) is 133 Å². The highest BCUT2D eigenvalue weighted by atomic mass is 35.5. The Morgan fingerprint density at radius 1 is 0.442 bits per heavy atom. The number of nitrogens with zero attached hydrogens (tertiary/aromatic N) is 13. The van der Waals surface area contributed by atoms with E-state index in [4.69, 9.17) is 50.1 Å². The van der Waals surface area contributed by atoms with Crippen LogP contribution in [0, 0.1) is 30.3 Å². The molecular formula is C85H94ClF6N17O18S2. The summed E-state index contributed by atoms with van der Waals surface area (Å²) in [4.78, 5) is 122. The molecule has 0 radical (unpaired) electrons. The van der Waals surface area contributed by atoms with E-state index in [2.05, 4.69) is 104 Å². The van der Waals surface area contributed by atoms with E-state index in [0.717, 1.165) is 126 Å². The number of aromatic nitrogens is 6. The first kappa shape index (κ1) is 98.4. The number of imidazole rings is 2. The standard InChI is InChI=1S/C24H24F3N5O3S.C21H20F3N5OS.2C15H21N3O4.C9H8ClNO4.CO2/c1-3-34-21(33)14-4-7-19-18(12-14)28-22(32(19)15-8-10-31(2)11-9-15)30-23-29-17-6-5-16(13-20(17)36-23)35-24(25,26)27;1-28-10-8-13(9-11-28)29-17-5-3-2-4-15(17)25-19(29)27-20-26-16-7-6-14(12-18(16)31-20)30-21(22,23)24;2*1-3-22-15(19)11-4-5-13(14(10-11)18(20)21)16-12-6-8-17(2)9-7-12;1-2-15-9(12)6-3-4-7(10)8(5-6)11(13)14;2-1-3/h4-7,12-13,15H,3,8-11H2,1-2H3,(H,28,29,30);2-7,12-13H,8-11H2,1H3,(H,25,26,27);2*4-5,10,12,16H,3,6-9H2,1-2H3;3-5H,2H2,1H3;. The molecule has 4 fully saturated rings. The maximum atomic E-state index is 12.6. The van der Waals surface area contributed by atoms with Crippen molar-refractivity contribution in [1.82, 2.24) is 48.7 Å². The van der Waals surface area contributed by atoms with Gasteiger partial charge in [-0.25, -0.2) is 39.1 Å². The largest absolute Gasteiger partial charge is 0.573 e. The van der Waals surface area contributed by atoms with Crippen LogP contribution in [-0.4, -0.2) is 225 Å². The summed E-state index contributed by atoms with van der Waals surface area (Å²) >= 11 is 8.05. The van der Waals surface area contributed by atoms with Crippen LogP contribution in [0.4, 0.5) is 76.9 Å². The monoisotopic (exact) mass is 1850 g/mol. The normalized spacial score (nSPS) is 15.0. The molecule has 44 heteroatoms. The van der Waals surface area contributed by atoms with Gasteiger partial charge in [-0.3, -0.25) is 30.3 Å². The number of hydrogen-bond donors (Lipinski definition) is 4. The topological polar surface area (TPSA) is 410 Å². The molecule has 4 aliphatic rings. The summed E-state index contributed by atoms with van der Waals surface area (Å²) in [6, 6.07) is 35.0. The quantitative estimate of drug-likeness (QED) is 0.0152. The third-order valence-electron chi connectivity index (χ3n) is 20.7. The smallest absolute Gasteiger partial charge is 0.462 e. The van der Waals surface area contributed by atoms with Crippen LogP contribution in [0.25, 0.3) is 42.5 Å². The van der Waals surface area contributed by atoms with E-state index < -0.39 is 51.4 Å². The van der Waals surface area contributed by atoms with E-state index in [1.807, 2.05) is 24.3 Å². The molecule has 0 aliphatic carbocycles. The minimum absolute atomic E-state index is 0.00644. The molecule has 7 aromatic carbocycles. The number of benzene rings is 7. The Bertz CT molecular complexity index is 5690. The van der Waals surface area contributed by atoms with Crippen molar-refractivity contribution in [2.75, 3.05) is 128 Å². The van der Waals surface area contributed by atoms with E-state index in [0.29, 0.717) is 71.1 Å². The third kappa shape index (κ3) is 27.9. The van der Waals surface area contributed by atoms with Gasteiger partial charge in [0.1, 0.15) is 27.9 Å². The van der Waals surface area contributed by atoms with Crippen LogP contribution in [-0.2, 0) is 28.5 Å². The first-order valence-electron chi connectivity index (χ1n) is 40.9. The molecule has 129 heavy (non-hydrogen) atoms. The van der Waals surface area contributed by atoms with Gasteiger partial charge in [0.2, 0.25) is 11.9 Å². The van der Waals surface area contributed by atoms with Crippen molar-refractivity contribution in [1.29, 1.82) is 0 Å². The molecule has 0 atom stereocenters. The van der Waals surface area contributed by atoms with E-state index in [9.17, 15) is 75.9 Å². The number of piperidine rings is 4. The Morgan fingerprint density at radius 2 is 0.775 bits per heavy atom. The molecule has 0 saturated carbocycles. The van der Waals surface area contributed by atoms with Crippen LogP contribution in [0.5, 0.6) is 11.5 Å². The Labute approximate surface area is 747 Å². The first-order chi connectivity index (χ1) is 61.5. The number of hydrogen-bond acceptors (Lipinski definition) is 32. The SMILES string of the molecule is CCOC(=O)c1ccc(Cl)c([N+](=O)[O-])c1.CCOC(=O)c1ccc(NC2CCN(C)CC2)c([N+](=O)[O-])c1.CCOC(=O)c1ccc(NC2CCN(C)CC2)c([N+](=O)[O-])c1.CCOC(=O)c1ccc2c(c1)nc(Nc1nc3ccc(OC(F)(F)F)cc3s1)n2C1CCN(C)CC1.CN1CCC(n2c(Nc3nc4ccc(OC(F)(F)F)cc4s3)nc3ccccc32)CC1.O=C=O. The Balaban J connectivity index is 0.000000171. The third-order valence-corrected chi connectivity index (χ3v) is 22.9. The zero-order valence-corrected chi connectivity index (χ0v) is 73.7. The molecular weight excluding hydrogens is 1760 g/mol. The number of esters is 4. The number of nitro benzene ring substituents is 3. The lowest BCUT2D eigenvalue weighted by atomic mass is 10.0. The summed E-state index contributed by atoms with van der Waals surface area (Å²) in [5.74, 6) is -1.40. The van der Waals surface area contributed by atoms with E-state index >= 15 is 0 Å². The van der Waals surface area contributed by atoms with E-state index in [1.165, 1.54) is 83.3 Å². The lowest BCUT2D eigenvalue weighted by Crippen LogP contribution is -2.36. The summed E-state index contributed by atoms with van der Waals surface area (Å²) in [5, 5.41) is 47.1. The second-order valence-corrected chi connectivity index (χ2v) is 32.3. The van der Waals surface area contributed by atoms with Gasteiger partial charge in [-0.1, -0.05) is 46.4 Å². The lowest BCUT2D eigenvalue weighted by molar-refractivity contribution is -0.384. The number of nitro groups is 3. The fourth-order valence-corrected chi connectivity index (χ4v) is 16.4. The van der Waals surface area contributed by atoms with Gasteiger partial charge >= 0.3 is 42.8 Å². The van der Waals surface area contributed by atoms with Crippen LogP contribution < -0.4 is 30.7 Å². The Kier molecular flexibility index (Phi) is 34.9. The van der Waals surface area contributed by atoms with Crippen molar-refractivity contribution < 1.29 is 98.3 Å². The van der Waals surface area contributed by atoms with Gasteiger partial charge < -0.3 is 78.4 Å². The highest BCUT2D eigenvalue weighted by Crippen LogP contribution is 2.41. The van der Waals surface area contributed by atoms with Crippen molar-refractivity contribution in [3.63, 3.8) is 0 Å². The Hall–Kier alpha value is -12.8. The average molecular weight is 1860 g/mol. The number of carbonyl (C=O) groups excluding carboxylic acids is 6. The summed E-state index contributed by atoms with van der Waals surface area (Å²) in [5.41, 5.74) is 5.96. The highest BCUT2D eigenvalue weighted by Gasteiger charge is 2.34. The maximum absolute atomic E-state index is 12.6. The van der Waals surface area contributed by atoms with Gasteiger partial charge in [-0.05, 0) is 251 Å². The zero-order chi connectivity index (χ0) is 93.4. The second-order valence-electron chi connectivity index (χ2n) is 29.8. The van der Waals surface area contributed by atoms with Crippen molar-refractivity contribution in [2.24, 2.45) is 0 Å². The van der Waals surface area contributed by atoms with Crippen molar-refractivity contribution in [2.45, 2.75) is 116 Å². The molecule has 0 bridgehead atoms. The number of nitrogens with one attached hydrogen (secondary N) is 4. The summed E-state index contributed by atoms with van der Waals surface area (Å²) in [6.45, 7) is 15.5. The predicted octanol–water partition coefficient (Wildman–Crippen LogP) is 17.7. The fraction of sp³-hybridized carbons (Fsp3) is 0.400. The second kappa shape index (κ2) is 45.8. The molecule has 35 nitrogen and oxygen atoms in total. The molecule has 688 valence electrons. The molecule has 4 saturated heterocycles. The van der Waals surface area contributed by atoms with Crippen LogP contribution >= 0.6 is 34.3 Å². The minimum Gasteiger partial charge on any atom is -0.462 e. The van der Waals surface area contributed by atoms with Gasteiger partial charge in [-0.2, -0.15) is 9.59 Å². The van der Waals surface area contributed by atoms with E-state index in [1.54, 1.807) is 64.1 Å². The summed E-state index contributed by atoms with van der Waals surface area (Å²) in [6.07, 6.45) is -1.60. The van der Waals surface area contributed by atoms with Crippen molar-refractivity contribution >= 4 is 157 Å². The molecule has 4 aliphatic heterocycles. The van der Waals surface area contributed by atoms with Crippen molar-refractivity contribution in [3.8, 4) is 11.5 Å². The highest BCUT2D eigenvalue weighted by molar-refractivity contribution is 7.22. The number of likely N-dealkylation sites (tertiary alicyclic amines) is 4. The summed E-state index contributed by atoms with van der Waals surface area (Å²) < 4.78 is 109. The van der Waals surface area contributed by atoms with Gasteiger partial charge in [0.25, 0.3) is 17.1 Å². The summed E-state index contributed by atoms with van der Waals surface area (Å²) in [7, 11) is 8.34. The number of thiazole rings is 2. The number of para-hydroxylation sites is 2. The minimum atomic E-state index is -4.76. The first-order valence-corrected chi connectivity index (χ1v) is 42.9. The number of halogens is 7. The molecule has 4 aromatic heterocycles. The number of alkyl halides is 6. The maximum Gasteiger partial charge on any atom is 0.573 e. The van der Waals surface area contributed by atoms with Gasteiger partial charge in [0, 0.05) is 54.5 Å². The lowest BCUT2D eigenvalue weighted by Gasteiger charge is -2.31. The van der Waals surface area contributed by atoms with Crippen LogP contribution in [0.3, 0.4) is 0 Å². The molecule has 4 N–H and O–H groups in total. The van der Waals surface area contributed by atoms with Gasteiger partial charge in [0.15, 0.2) is 10.3 Å². The van der Waals surface area contributed by atoms with Crippen LogP contribution in [0.2, 0.25) is 5.02 Å². The Morgan fingerprint density at radius 3 is 1.15 bits per heavy atom. The number of fused-ring (bicyclic) bond motifs is 4. The average Bonchev–Trinajstić information content (AvgIpc) is 1.62. The molecule has 11 aromatic rings. The van der Waals surface area contributed by atoms with Gasteiger partial charge in [0.05, 0.1) is 106 Å². The fourth-order valence-electron chi connectivity index (χ4n) is 14.4. The number of ether oxygens (including phenoxy) is 6. The van der Waals surface area contributed by atoms with Gasteiger partial charge in [-0.15, -0.1) is 26.3 Å². The molecule has 0 amide bonds.